The van der Waals surface area contributed by atoms with Gasteiger partial charge >= 0.3 is 0 Å². The van der Waals surface area contributed by atoms with Crippen molar-refractivity contribution in [2.75, 3.05) is 13.6 Å². The fraction of sp³-hybridized carbons (Fsp3) is 0.562. The van der Waals surface area contributed by atoms with E-state index in [0.29, 0.717) is 0 Å². The van der Waals surface area contributed by atoms with E-state index in [9.17, 15) is 4.79 Å². The van der Waals surface area contributed by atoms with Crippen LogP contribution >= 0.6 is 0 Å². The summed E-state index contributed by atoms with van der Waals surface area (Å²) in [6, 6.07) is 7.78. The Bertz CT molecular complexity index is 450. The zero-order chi connectivity index (χ0) is 13.9. The van der Waals surface area contributed by atoms with Gasteiger partial charge in [-0.1, -0.05) is 25.1 Å². The van der Waals surface area contributed by atoms with Crippen molar-refractivity contribution in [2.45, 2.75) is 45.2 Å². The van der Waals surface area contributed by atoms with Crippen LogP contribution in [0.4, 0.5) is 0 Å². The molecule has 1 fully saturated rings. The molecule has 1 aromatic rings. The van der Waals surface area contributed by atoms with Gasteiger partial charge in [-0.15, -0.1) is 0 Å². The zero-order valence-corrected chi connectivity index (χ0v) is 12.2. The lowest BCUT2D eigenvalue weighted by atomic mass is 10.0. The van der Waals surface area contributed by atoms with E-state index in [1.807, 2.05) is 31.2 Å². The van der Waals surface area contributed by atoms with Crippen LogP contribution in [0, 0.1) is 6.92 Å². The summed E-state index contributed by atoms with van der Waals surface area (Å²) in [5.74, 6) is 0.0558. The third-order valence-corrected chi connectivity index (χ3v) is 4.37. The number of rotatable bonds is 4. The van der Waals surface area contributed by atoms with Crippen molar-refractivity contribution in [3.8, 4) is 0 Å². The van der Waals surface area contributed by atoms with Gasteiger partial charge in [0, 0.05) is 5.56 Å². The van der Waals surface area contributed by atoms with E-state index in [1.165, 1.54) is 12.8 Å². The van der Waals surface area contributed by atoms with E-state index in [-0.39, 0.29) is 11.6 Å². The predicted molar refractivity (Wildman–Crippen MR) is 78.1 cm³/mol. The van der Waals surface area contributed by atoms with E-state index < -0.39 is 0 Å². The summed E-state index contributed by atoms with van der Waals surface area (Å²) >= 11 is 0. The Morgan fingerprint density at radius 1 is 1.32 bits per heavy atom. The average molecular weight is 260 g/mol. The summed E-state index contributed by atoms with van der Waals surface area (Å²) in [7, 11) is 2.10. The molecule has 0 spiro atoms. The lowest BCUT2D eigenvalue weighted by Gasteiger charge is -2.39. The summed E-state index contributed by atoms with van der Waals surface area (Å²) in [6.45, 7) is 5.08. The van der Waals surface area contributed by atoms with Crippen LogP contribution in [0.15, 0.2) is 24.3 Å². The number of carbonyl (C=O) groups excluding carboxylic acids is 1. The van der Waals surface area contributed by atoms with Crippen LogP contribution in [0.2, 0.25) is 0 Å². The van der Waals surface area contributed by atoms with Crippen molar-refractivity contribution < 1.29 is 4.79 Å². The molecule has 0 saturated heterocycles. The van der Waals surface area contributed by atoms with Crippen LogP contribution in [0.5, 0.6) is 0 Å². The fourth-order valence-corrected chi connectivity index (χ4v) is 2.97. The lowest BCUT2D eigenvalue weighted by Crippen LogP contribution is -2.57. The van der Waals surface area contributed by atoms with Crippen molar-refractivity contribution in [2.24, 2.45) is 0 Å². The van der Waals surface area contributed by atoms with Gasteiger partial charge in [0.15, 0.2) is 0 Å². The lowest BCUT2D eigenvalue weighted by molar-refractivity contribution is 0.0639. The highest BCUT2D eigenvalue weighted by molar-refractivity contribution is 5.96. The van der Waals surface area contributed by atoms with Crippen LogP contribution in [0.3, 0.4) is 0 Å². The van der Waals surface area contributed by atoms with Crippen LogP contribution in [-0.4, -0.2) is 30.1 Å². The average Bonchev–Trinajstić information content (AvgIpc) is 2.88. The molecule has 0 bridgehead atoms. The molecule has 0 atom stereocenters. The summed E-state index contributed by atoms with van der Waals surface area (Å²) in [4.78, 5) is 14.8. The molecule has 3 heteroatoms. The first-order valence-corrected chi connectivity index (χ1v) is 7.18. The Morgan fingerprint density at radius 2 is 1.95 bits per heavy atom. The van der Waals surface area contributed by atoms with Crippen LogP contribution in [0.1, 0.15) is 48.5 Å². The fourth-order valence-electron chi connectivity index (χ4n) is 2.97. The molecule has 0 heterocycles. The Balaban J connectivity index is 2.19. The number of aryl methyl sites for hydroxylation is 1. The van der Waals surface area contributed by atoms with Gasteiger partial charge < -0.3 is 5.32 Å². The molecule has 1 aromatic carbocycles. The highest BCUT2D eigenvalue weighted by Crippen LogP contribution is 2.32. The highest BCUT2D eigenvalue weighted by atomic mass is 16.2. The van der Waals surface area contributed by atoms with Gasteiger partial charge in [0.25, 0.3) is 5.91 Å². The van der Waals surface area contributed by atoms with Crippen molar-refractivity contribution >= 4 is 5.91 Å². The van der Waals surface area contributed by atoms with Crippen molar-refractivity contribution in [1.82, 2.24) is 10.2 Å². The largest absolute Gasteiger partial charge is 0.334 e. The second-order valence-corrected chi connectivity index (χ2v) is 5.52. The molecule has 1 amide bonds. The predicted octanol–water partition coefficient (Wildman–Crippen LogP) is 2.95. The smallest absolute Gasteiger partial charge is 0.252 e. The number of carbonyl (C=O) groups is 1. The van der Waals surface area contributed by atoms with Crippen LogP contribution in [-0.2, 0) is 0 Å². The van der Waals surface area contributed by atoms with E-state index in [0.717, 1.165) is 30.5 Å². The first kappa shape index (κ1) is 14.1. The minimum atomic E-state index is -0.145. The second kappa shape index (κ2) is 5.74. The molecule has 3 nitrogen and oxygen atoms in total. The maximum Gasteiger partial charge on any atom is 0.252 e. The normalized spacial score (nSPS) is 17.7. The number of hydrogen-bond acceptors (Lipinski definition) is 2. The molecular formula is C16H24N2O. The summed E-state index contributed by atoms with van der Waals surface area (Å²) in [5.41, 5.74) is 1.68. The molecule has 0 unspecified atom stereocenters. The van der Waals surface area contributed by atoms with Gasteiger partial charge in [0.1, 0.15) is 0 Å². The third-order valence-electron chi connectivity index (χ3n) is 4.37. The quantitative estimate of drug-likeness (QED) is 0.844. The summed E-state index contributed by atoms with van der Waals surface area (Å²) in [6.07, 6.45) is 4.49. The molecule has 0 aromatic heterocycles. The molecule has 0 radical (unpaired) electrons. The van der Waals surface area contributed by atoms with E-state index >= 15 is 0 Å². The molecule has 1 aliphatic rings. The van der Waals surface area contributed by atoms with E-state index in [2.05, 4.69) is 24.2 Å². The SMILES string of the molecule is CCN(C)C1(NC(=O)c2ccccc2C)CCCC1. The molecule has 1 saturated carbocycles. The standard InChI is InChI=1S/C16H24N2O/c1-4-18(3)16(11-7-8-12-16)17-15(19)14-10-6-5-9-13(14)2/h5-6,9-10H,4,7-8,11-12H2,1-3H3,(H,17,19). The van der Waals surface area contributed by atoms with Gasteiger partial charge in [0.2, 0.25) is 0 Å². The van der Waals surface area contributed by atoms with Crippen molar-refractivity contribution in [3.05, 3.63) is 35.4 Å². The minimum Gasteiger partial charge on any atom is -0.334 e. The van der Waals surface area contributed by atoms with Crippen LogP contribution < -0.4 is 5.32 Å². The number of nitrogens with one attached hydrogen (secondary N) is 1. The second-order valence-electron chi connectivity index (χ2n) is 5.52. The molecular weight excluding hydrogens is 236 g/mol. The van der Waals surface area contributed by atoms with Crippen LogP contribution in [0.25, 0.3) is 0 Å². The Morgan fingerprint density at radius 3 is 2.53 bits per heavy atom. The van der Waals surface area contributed by atoms with E-state index in [1.54, 1.807) is 0 Å². The minimum absolute atomic E-state index is 0.0558. The van der Waals surface area contributed by atoms with Gasteiger partial charge in [-0.05, 0) is 57.8 Å². The van der Waals surface area contributed by atoms with Gasteiger partial charge in [-0.2, -0.15) is 0 Å². The molecule has 0 aliphatic heterocycles. The maximum atomic E-state index is 12.5. The molecule has 104 valence electrons. The molecule has 19 heavy (non-hydrogen) atoms. The van der Waals surface area contributed by atoms with E-state index in [4.69, 9.17) is 0 Å². The van der Waals surface area contributed by atoms with Gasteiger partial charge in [-0.25, -0.2) is 0 Å². The van der Waals surface area contributed by atoms with Crippen molar-refractivity contribution in [1.29, 1.82) is 0 Å². The topological polar surface area (TPSA) is 32.3 Å². The van der Waals surface area contributed by atoms with Crippen molar-refractivity contribution in [3.63, 3.8) is 0 Å². The number of amides is 1. The first-order chi connectivity index (χ1) is 9.09. The van der Waals surface area contributed by atoms with Gasteiger partial charge in [0.05, 0.1) is 5.66 Å². The molecule has 1 N–H and O–H groups in total. The summed E-state index contributed by atoms with van der Waals surface area (Å²) < 4.78 is 0. The zero-order valence-electron chi connectivity index (χ0n) is 12.2. The summed E-state index contributed by atoms with van der Waals surface area (Å²) in [5, 5.41) is 3.29. The monoisotopic (exact) mass is 260 g/mol. The maximum absolute atomic E-state index is 12.5. The number of nitrogens with zero attached hydrogens (tertiary/aromatic N) is 1. The Labute approximate surface area is 116 Å². The molecule has 2 rings (SSSR count). The first-order valence-electron chi connectivity index (χ1n) is 7.18. The Hall–Kier alpha value is -1.35. The third kappa shape index (κ3) is 2.81. The number of benzene rings is 1. The Kier molecular flexibility index (Phi) is 4.25. The van der Waals surface area contributed by atoms with Gasteiger partial charge in [-0.3, -0.25) is 9.69 Å². The molecule has 1 aliphatic carbocycles. The highest BCUT2D eigenvalue weighted by Gasteiger charge is 2.38. The number of hydrogen-bond donors (Lipinski definition) is 1.